The van der Waals surface area contributed by atoms with Gasteiger partial charge in [-0.15, -0.1) is 0 Å². The van der Waals surface area contributed by atoms with Crippen molar-refractivity contribution in [1.29, 1.82) is 0 Å². The summed E-state index contributed by atoms with van der Waals surface area (Å²) in [5, 5.41) is 1.60. The summed E-state index contributed by atoms with van der Waals surface area (Å²) in [5.74, 6) is 0.0900. The molecule has 0 spiro atoms. The Hall–Kier alpha value is -1.93. The van der Waals surface area contributed by atoms with Crippen LogP contribution in [0, 0.1) is 5.82 Å². The maximum absolute atomic E-state index is 14.0. The highest BCUT2D eigenvalue weighted by Crippen LogP contribution is 2.25. The molecule has 3 aromatic rings. The molecular formula is C20H20ClFN2O3S. The lowest BCUT2D eigenvalue weighted by Gasteiger charge is -2.21. The van der Waals surface area contributed by atoms with Crippen molar-refractivity contribution in [2.24, 2.45) is 0 Å². The monoisotopic (exact) mass is 422 g/mol. The fourth-order valence-electron chi connectivity index (χ4n) is 3.51. The number of sulfonamides is 1. The molecule has 148 valence electrons. The number of hydrogen-bond donors (Lipinski definition) is 0. The third-order valence-electron chi connectivity index (χ3n) is 4.91. The first-order chi connectivity index (χ1) is 13.4. The average molecular weight is 423 g/mol. The smallest absolute Gasteiger partial charge is 0.246 e. The Labute approximate surface area is 168 Å². The van der Waals surface area contributed by atoms with E-state index in [9.17, 15) is 12.8 Å². The molecule has 28 heavy (non-hydrogen) atoms. The fourth-order valence-corrected chi connectivity index (χ4v) is 5.22. The Morgan fingerprint density at radius 3 is 2.68 bits per heavy atom. The van der Waals surface area contributed by atoms with E-state index in [-0.39, 0.29) is 4.90 Å². The predicted octanol–water partition coefficient (Wildman–Crippen LogP) is 4.12. The maximum Gasteiger partial charge on any atom is 0.246 e. The van der Waals surface area contributed by atoms with Gasteiger partial charge in [0.25, 0.3) is 0 Å². The van der Waals surface area contributed by atoms with Gasteiger partial charge < -0.3 is 4.42 Å². The Morgan fingerprint density at radius 2 is 1.86 bits per heavy atom. The summed E-state index contributed by atoms with van der Waals surface area (Å²) in [6, 6.07) is 12.9. The highest BCUT2D eigenvalue weighted by atomic mass is 35.5. The van der Waals surface area contributed by atoms with Gasteiger partial charge in [0, 0.05) is 30.0 Å². The molecule has 0 bridgehead atoms. The zero-order valence-corrected chi connectivity index (χ0v) is 16.7. The summed E-state index contributed by atoms with van der Waals surface area (Å²) in [6.45, 7) is 2.54. The van der Waals surface area contributed by atoms with Crippen LogP contribution in [0.5, 0.6) is 0 Å². The van der Waals surface area contributed by atoms with E-state index in [4.69, 9.17) is 16.0 Å². The van der Waals surface area contributed by atoms with Crippen molar-refractivity contribution in [2.45, 2.75) is 17.9 Å². The molecule has 1 fully saturated rings. The molecule has 4 rings (SSSR count). The lowest BCUT2D eigenvalue weighted by atomic mass is 10.2. The first-order valence-corrected chi connectivity index (χ1v) is 10.9. The lowest BCUT2D eigenvalue weighted by molar-refractivity contribution is 0.258. The van der Waals surface area contributed by atoms with Crippen molar-refractivity contribution in [3.05, 3.63) is 65.1 Å². The molecule has 1 saturated heterocycles. The predicted molar refractivity (Wildman–Crippen MR) is 106 cm³/mol. The van der Waals surface area contributed by atoms with Crippen LogP contribution in [0.1, 0.15) is 12.2 Å². The van der Waals surface area contributed by atoms with E-state index in [1.54, 1.807) is 6.07 Å². The summed E-state index contributed by atoms with van der Waals surface area (Å²) in [6.07, 6.45) is 0.666. The number of fused-ring (bicyclic) bond motifs is 1. The first-order valence-electron chi connectivity index (χ1n) is 9.08. The number of benzene rings is 2. The number of hydrogen-bond acceptors (Lipinski definition) is 4. The molecule has 1 aliphatic rings. The van der Waals surface area contributed by atoms with Crippen LogP contribution in [0.3, 0.4) is 0 Å². The van der Waals surface area contributed by atoms with Crippen molar-refractivity contribution < 1.29 is 17.2 Å². The molecule has 0 unspecified atom stereocenters. The highest BCUT2D eigenvalue weighted by molar-refractivity contribution is 7.89. The Balaban J connectivity index is 1.46. The molecule has 0 N–H and O–H groups in total. The second-order valence-electron chi connectivity index (χ2n) is 6.86. The molecule has 2 aromatic carbocycles. The normalized spacial score (nSPS) is 17.1. The van der Waals surface area contributed by atoms with Gasteiger partial charge in [0.05, 0.1) is 6.54 Å². The SMILES string of the molecule is O=S(=O)(c1ccccc1F)N1CCCN(Cc2cc3cc(Cl)ccc3o2)CC1. The van der Waals surface area contributed by atoms with Crippen LogP contribution in [-0.4, -0.2) is 43.8 Å². The van der Waals surface area contributed by atoms with Gasteiger partial charge in [-0.25, -0.2) is 12.8 Å². The van der Waals surface area contributed by atoms with Crippen LogP contribution >= 0.6 is 11.6 Å². The Bertz CT molecular complexity index is 1100. The molecule has 0 aliphatic carbocycles. The summed E-state index contributed by atoms with van der Waals surface area (Å²) >= 11 is 6.02. The third-order valence-corrected chi connectivity index (χ3v) is 7.08. The minimum Gasteiger partial charge on any atom is -0.460 e. The van der Waals surface area contributed by atoms with Crippen LogP contribution in [0.2, 0.25) is 5.02 Å². The molecule has 0 radical (unpaired) electrons. The summed E-state index contributed by atoms with van der Waals surface area (Å²) in [4.78, 5) is 1.88. The molecule has 0 amide bonds. The fraction of sp³-hybridized carbons (Fsp3) is 0.300. The quantitative estimate of drug-likeness (QED) is 0.634. The van der Waals surface area contributed by atoms with Crippen molar-refractivity contribution in [1.82, 2.24) is 9.21 Å². The third kappa shape index (κ3) is 3.93. The van der Waals surface area contributed by atoms with Gasteiger partial charge in [-0.05, 0) is 49.4 Å². The van der Waals surface area contributed by atoms with Gasteiger partial charge in [0.15, 0.2) is 0 Å². The van der Waals surface area contributed by atoms with Crippen LogP contribution < -0.4 is 0 Å². The number of halogens is 2. The Kier molecular flexibility index (Phi) is 5.42. The van der Waals surface area contributed by atoms with Crippen LogP contribution in [-0.2, 0) is 16.6 Å². The highest BCUT2D eigenvalue weighted by Gasteiger charge is 2.29. The van der Waals surface area contributed by atoms with Crippen molar-refractivity contribution >= 4 is 32.6 Å². The summed E-state index contributed by atoms with van der Waals surface area (Å²) in [7, 11) is -3.84. The standard InChI is InChI=1S/C20H20ClFN2O3S/c21-16-6-7-19-15(12-16)13-17(27-19)14-23-8-3-9-24(11-10-23)28(25,26)20-5-2-1-4-18(20)22/h1-2,4-7,12-13H,3,8-11,14H2. The largest absolute Gasteiger partial charge is 0.460 e. The van der Waals surface area contributed by atoms with Crippen molar-refractivity contribution in [3.63, 3.8) is 0 Å². The molecule has 0 atom stereocenters. The molecule has 5 nitrogen and oxygen atoms in total. The van der Waals surface area contributed by atoms with Crippen LogP contribution in [0.25, 0.3) is 11.0 Å². The van der Waals surface area contributed by atoms with Crippen LogP contribution in [0.4, 0.5) is 4.39 Å². The van der Waals surface area contributed by atoms with Gasteiger partial charge in [0.1, 0.15) is 22.1 Å². The molecular weight excluding hydrogens is 403 g/mol. The van der Waals surface area contributed by atoms with E-state index in [2.05, 4.69) is 4.90 Å². The minimum atomic E-state index is -3.84. The number of furan rings is 1. The van der Waals surface area contributed by atoms with Gasteiger partial charge in [-0.1, -0.05) is 23.7 Å². The lowest BCUT2D eigenvalue weighted by Crippen LogP contribution is -2.35. The van der Waals surface area contributed by atoms with E-state index in [0.29, 0.717) is 37.6 Å². The maximum atomic E-state index is 14.0. The molecule has 1 aliphatic heterocycles. The zero-order chi connectivity index (χ0) is 19.7. The van der Waals surface area contributed by atoms with Gasteiger partial charge in [0.2, 0.25) is 10.0 Å². The van der Waals surface area contributed by atoms with Gasteiger partial charge >= 0.3 is 0 Å². The van der Waals surface area contributed by atoms with Crippen molar-refractivity contribution in [2.75, 3.05) is 26.2 Å². The summed E-state index contributed by atoms with van der Waals surface area (Å²) in [5.41, 5.74) is 0.776. The van der Waals surface area contributed by atoms with E-state index in [0.717, 1.165) is 23.3 Å². The molecule has 8 heteroatoms. The van der Waals surface area contributed by atoms with E-state index in [1.807, 2.05) is 18.2 Å². The van der Waals surface area contributed by atoms with Crippen LogP contribution in [0.15, 0.2) is 57.8 Å². The molecule has 2 heterocycles. The minimum absolute atomic E-state index is 0.266. The van der Waals surface area contributed by atoms with E-state index >= 15 is 0 Å². The molecule has 1 aromatic heterocycles. The molecule has 0 saturated carbocycles. The van der Waals surface area contributed by atoms with Gasteiger partial charge in [-0.2, -0.15) is 4.31 Å². The van der Waals surface area contributed by atoms with E-state index < -0.39 is 15.8 Å². The zero-order valence-electron chi connectivity index (χ0n) is 15.1. The second kappa shape index (κ2) is 7.83. The van der Waals surface area contributed by atoms with Gasteiger partial charge in [-0.3, -0.25) is 4.90 Å². The Morgan fingerprint density at radius 1 is 1.04 bits per heavy atom. The topological polar surface area (TPSA) is 53.8 Å². The first kappa shape index (κ1) is 19.4. The number of nitrogens with zero attached hydrogens (tertiary/aromatic N) is 2. The second-order valence-corrected chi connectivity index (χ2v) is 9.20. The van der Waals surface area contributed by atoms with E-state index in [1.165, 1.54) is 28.6 Å². The number of rotatable bonds is 4. The van der Waals surface area contributed by atoms with Crippen molar-refractivity contribution in [3.8, 4) is 0 Å². The summed E-state index contributed by atoms with van der Waals surface area (Å²) < 4.78 is 46.8. The average Bonchev–Trinajstić information content (AvgIpc) is 2.89.